The maximum atomic E-state index is 12.5. The van der Waals surface area contributed by atoms with Crippen LogP contribution in [-0.2, 0) is 4.79 Å². The van der Waals surface area contributed by atoms with Crippen molar-refractivity contribution < 1.29 is 13.8 Å². The quantitative estimate of drug-likeness (QED) is 0.644. The van der Waals surface area contributed by atoms with Crippen molar-refractivity contribution in [3.05, 3.63) is 47.5 Å². The van der Waals surface area contributed by atoms with Crippen LogP contribution in [0.3, 0.4) is 0 Å². The summed E-state index contributed by atoms with van der Waals surface area (Å²) in [4.78, 5) is 21.6. The number of anilines is 1. The summed E-state index contributed by atoms with van der Waals surface area (Å²) >= 11 is 0. The van der Waals surface area contributed by atoms with Crippen molar-refractivity contribution in [2.24, 2.45) is 0 Å². The summed E-state index contributed by atoms with van der Waals surface area (Å²) in [5.41, 5.74) is 2.87. The molecule has 2 aromatic heterocycles. The Balaban J connectivity index is 1.32. The van der Waals surface area contributed by atoms with Crippen molar-refractivity contribution >= 4 is 11.8 Å². The molecule has 9 heteroatoms. The van der Waals surface area contributed by atoms with Crippen LogP contribution >= 0.6 is 0 Å². The second-order valence-electron chi connectivity index (χ2n) is 8.07. The highest BCUT2D eigenvalue weighted by atomic mass is 16.5. The maximum absolute atomic E-state index is 12.5. The molecule has 1 aliphatic heterocycles. The second kappa shape index (κ2) is 8.99. The van der Waals surface area contributed by atoms with Crippen molar-refractivity contribution in [1.29, 1.82) is 0 Å². The lowest BCUT2D eigenvalue weighted by atomic mass is 10.1. The molecule has 1 aliphatic rings. The first-order valence-corrected chi connectivity index (χ1v) is 10.5. The normalized spacial score (nSPS) is 17.4. The van der Waals surface area contributed by atoms with E-state index in [0.717, 1.165) is 37.4 Å². The molecule has 31 heavy (non-hydrogen) atoms. The largest absolute Gasteiger partial charge is 0.338 e. The Labute approximate surface area is 181 Å². The molecule has 9 nitrogen and oxygen atoms in total. The van der Waals surface area contributed by atoms with Crippen LogP contribution in [0.1, 0.15) is 37.0 Å². The van der Waals surface area contributed by atoms with Gasteiger partial charge >= 0.3 is 0 Å². The zero-order valence-electron chi connectivity index (χ0n) is 18.3. The number of aromatic nitrogens is 3. The van der Waals surface area contributed by atoms with E-state index in [1.54, 1.807) is 6.07 Å². The molecule has 0 spiro atoms. The Morgan fingerprint density at radius 1 is 1.00 bits per heavy atom. The minimum absolute atomic E-state index is 0.00940. The molecule has 3 heterocycles. The van der Waals surface area contributed by atoms with Gasteiger partial charge in [0.25, 0.3) is 0 Å². The van der Waals surface area contributed by atoms with E-state index in [2.05, 4.69) is 37.3 Å². The fourth-order valence-corrected chi connectivity index (χ4v) is 3.71. The monoisotopic (exact) mass is 424 g/mol. The summed E-state index contributed by atoms with van der Waals surface area (Å²) < 4.78 is 10.6. The predicted octanol–water partition coefficient (Wildman–Crippen LogP) is 3.05. The van der Waals surface area contributed by atoms with E-state index in [1.807, 2.05) is 45.0 Å². The van der Waals surface area contributed by atoms with Crippen LogP contribution in [0.2, 0.25) is 0 Å². The first-order valence-electron chi connectivity index (χ1n) is 10.5. The minimum Gasteiger partial charge on any atom is -0.338 e. The van der Waals surface area contributed by atoms with Crippen LogP contribution in [0.5, 0.6) is 0 Å². The summed E-state index contributed by atoms with van der Waals surface area (Å²) in [6, 6.07) is 9.53. The number of hydrogen-bond donors (Lipinski definition) is 1. The van der Waals surface area contributed by atoms with E-state index in [9.17, 15) is 4.79 Å². The fraction of sp³-hybridized carbons (Fsp3) is 0.455. The van der Waals surface area contributed by atoms with Crippen molar-refractivity contribution in [3.63, 3.8) is 0 Å². The zero-order valence-corrected chi connectivity index (χ0v) is 18.3. The SMILES string of the molecule is Cc1ccc(-c2noc([C@@H](C)N3CCN([C@H](C)C(=O)Nc4cc(C)no4)CC3)n2)cc1. The lowest BCUT2D eigenvalue weighted by Crippen LogP contribution is -2.53. The number of carbonyl (C=O) groups is 1. The molecule has 0 radical (unpaired) electrons. The fourth-order valence-electron chi connectivity index (χ4n) is 3.71. The number of nitrogens with one attached hydrogen (secondary N) is 1. The highest BCUT2D eigenvalue weighted by molar-refractivity contribution is 5.93. The molecule has 1 amide bonds. The number of hydrogen-bond acceptors (Lipinski definition) is 8. The first kappa shape index (κ1) is 21.2. The number of piperazine rings is 1. The third kappa shape index (κ3) is 4.83. The number of benzene rings is 1. The first-order chi connectivity index (χ1) is 14.9. The van der Waals surface area contributed by atoms with Gasteiger partial charge < -0.3 is 9.05 Å². The molecular weight excluding hydrogens is 396 g/mol. The van der Waals surface area contributed by atoms with Crippen LogP contribution in [0.4, 0.5) is 5.88 Å². The molecule has 0 unspecified atom stereocenters. The van der Waals surface area contributed by atoms with Gasteiger partial charge in [-0.15, -0.1) is 0 Å². The van der Waals surface area contributed by atoms with Gasteiger partial charge in [-0.25, -0.2) is 0 Å². The molecule has 0 bridgehead atoms. The van der Waals surface area contributed by atoms with E-state index < -0.39 is 0 Å². The topological polar surface area (TPSA) is 101 Å². The Kier molecular flexibility index (Phi) is 6.15. The van der Waals surface area contributed by atoms with E-state index in [-0.39, 0.29) is 18.0 Å². The number of amides is 1. The Morgan fingerprint density at radius 2 is 1.68 bits per heavy atom. The molecule has 3 aromatic rings. The lowest BCUT2D eigenvalue weighted by molar-refractivity contribution is -0.121. The van der Waals surface area contributed by atoms with Gasteiger partial charge in [-0.2, -0.15) is 4.98 Å². The average Bonchev–Trinajstić information content (AvgIpc) is 3.42. The predicted molar refractivity (Wildman–Crippen MR) is 115 cm³/mol. The Morgan fingerprint density at radius 3 is 2.32 bits per heavy atom. The van der Waals surface area contributed by atoms with Gasteiger partial charge in [-0.3, -0.25) is 19.9 Å². The van der Waals surface area contributed by atoms with Gasteiger partial charge in [0.05, 0.1) is 17.8 Å². The highest BCUT2D eigenvalue weighted by Crippen LogP contribution is 2.24. The standard InChI is InChI=1S/C22H28N6O3/c1-14-5-7-18(8-6-14)20-24-22(31-26-20)17(4)28-11-9-27(10-12-28)16(3)21(29)23-19-13-15(2)25-30-19/h5-8,13,16-17H,9-12H2,1-4H3,(H,23,29)/t16-,17-/m1/s1. The van der Waals surface area contributed by atoms with E-state index >= 15 is 0 Å². The minimum atomic E-state index is -0.264. The van der Waals surface area contributed by atoms with Gasteiger partial charge in [-0.05, 0) is 27.7 Å². The molecule has 1 fully saturated rings. The second-order valence-corrected chi connectivity index (χ2v) is 8.07. The summed E-state index contributed by atoms with van der Waals surface area (Å²) in [5, 5.41) is 10.7. The van der Waals surface area contributed by atoms with Crippen molar-refractivity contribution in [1.82, 2.24) is 25.1 Å². The molecule has 1 N–H and O–H groups in total. The molecule has 2 atom stereocenters. The van der Waals surface area contributed by atoms with Gasteiger partial charge in [0, 0.05) is 37.8 Å². The lowest BCUT2D eigenvalue weighted by Gasteiger charge is -2.38. The third-order valence-electron chi connectivity index (χ3n) is 5.81. The average molecular weight is 425 g/mol. The molecular formula is C22H28N6O3. The smallest absolute Gasteiger partial charge is 0.244 e. The van der Waals surface area contributed by atoms with Crippen LogP contribution in [0, 0.1) is 13.8 Å². The summed E-state index contributed by atoms with van der Waals surface area (Å²) in [6.45, 7) is 11.0. The molecule has 4 rings (SSSR count). The van der Waals surface area contributed by atoms with E-state index in [4.69, 9.17) is 9.05 Å². The summed E-state index contributed by atoms with van der Waals surface area (Å²) in [7, 11) is 0. The van der Waals surface area contributed by atoms with E-state index in [1.165, 1.54) is 5.56 Å². The summed E-state index contributed by atoms with van der Waals surface area (Å²) in [5.74, 6) is 1.49. The van der Waals surface area contributed by atoms with Crippen LogP contribution in [0.15, 0.2) is 39.4 Å². The van der Waals surface area contributed by atoms with Crippen LogP contribution < -0.4 is 5.32 Å². The molecule has 1 saturated heterocycles. The molecule has 164 valence electrons. The van der Waals surface area contributed by atoms with Gasteiger partial charge in [0.15, 0.2) is 0 Å². The van der Waals surface area contributed by atoms with Gasteiger partial charge in [0.2, 0.25) is 23.5 Å². The number of carbonyl (C=O) groups excluding carboxylic acids is 1. The van der Waals surface area contributed by atoms with Crippen LogP contribution in [0.25, 0.3) is 11.4 Å². The van der Waals surface area contributed by atoms with Gasteiger partial charge in [0.1, 0.15) is 0 Å². The number of nitrogens with zero attached hydrogens (tertiary/aromatic N) is 5. The zero-order chi connectivity index (χ0) is 22.0. The van der Waals surface area contributed by atoms with Crippen molar-refractivity contribution in [3.8, 4) is 11.4 Å². The Hall–Kier alpha value is -3.04. The number of rotatable bonds is 6. The molecule has 1 aromatic carbocycles. The molecule has 0 saturated carbocycles. The summed E-state index contributed by atoms with van der Waals surface area (Å²) in [6.07, 6.45) is 0. The number of aryl methyl sites for hydroxylation is 2. The van der Waals surface area contributed by atoms with Crippen molar-refractivity contribution in [2.45, 2.75) is 39.8 Å². The maximum Gasteiger partial charge on any atom is 0.244 e. The van der Waals surface area contributed by atoms with Gasteiger partial charge in [-0.1, -0.05) is 40.1 Å². The van der Waals surface area contributed by atoms with Crippen molar-refractivity contribution in [2.75, 3.05) is 31.5 Å². The highest BCUT2D eigenvalue weighted by Gasteiger charge is 2.30. The third-order valence-corrected chi connectivity index (χ3v) is 5.81. The Bertz CT molecular complexity index is 1020. The van der Waals surface area contributed by atoms with Crippen LogP contribution in [-0.4, -0.2) is 63.2 Å². The molecule has 0 aliphatic carbocycles. The van der Waals surface area contributed by atoms with E-state index in [0.29, 0.717) is 17.6 Å².